The number of hydrogen-bond donors (Lipinski definition) is 1. The van der Waals surface area contributed by atoms with Crippen LogP contribution in [0.15, 0.2) is 48.8 Å². The fraction of sp³-hybridized carbons (Fsp3) is 0.0714. The van der Waals surface area contributed by atoms with Crippen LogP contribution in [0.3, 0.4) is 0 Å². The molecule has 0 unspecified atom stereocenters. The summed E-state index contributed by atoms with van der Waals surface area (Å²) in [6.45, 7) is 0.227. The molecule has 1 aromatic heterocycles. The van der Waals surface area contributed by atoms with Gasteiger partial charge >= 0.3 is 0 Å². The fourth-order valence-electron chi connectivity index (χ4n) is 1.95. The molecule has 0 amide bonds. The van der Waals surface area contributed by atoms with Crippen molar-refractivity contribution >= 4 is 5.69 Å². The molecule has 21 heavy (non-hydrogen) atoms. The lowest BCUT2D eigenvalue weighted by molar-refractivity contribution is 0.574. The van der Waals surface area contributed by atoms with E-state index in [9.17, 15) is 8.78 Å². The van der Waals surface area contributed by atoms with E-state index >= 15 is 0 Å². The standard InChI is InChI=1S/C14H11F2N5/c15-11-6-5-10(12(16)7-11)8-17-13-3-1-2-4-14(13)21-9-18-19-20-21/h1-7,9,17H,8H2. The molecule has 0 saturated heterocycles. The van der Waals surface area contributed by atoms with E-state index < -0.39 is 11.6 Å². The maximum absolute atomic E-state index is 13.6. The monoisotopic (exact) mass is 287 g/mol. The lowest BCUT2D eigenvalue weighted by Crippen LogP contribution is -2.06. The van der Waals surface area contributed by atoms with Gasteiger partial charge in [-0.3, -0.25) is 0 Å². The second-order valence-corrected chi connectivity index (χ2v) is 4.36. The fourth-order valence-corrected chi connectivity index (χ4v) is 1.95. The van der Waals surface area contributed by atoms with E-state index in [1.807, 2.05) is 24.3 Å². The van der Waals surface area contributed by atoms with Gasteiger partial charge in [0.05, 0.1) is 11.4 Å². The molecule has 1 heterocycles. The van der Waals surface area contributed by atoms with Gasteiger partial charge in [0.2, 0.25) is 0 Å². The van der Waals surface area contributed by atoms with Crippen LogP contribution in [-0.2, 0) is 6.54 Å². The summed E-state index contributed by atoms with van der Waals surface area (Å²) in [7, 11) is 0. The number of halogens is 2. The summed E-state index contributed by atoms with van der Waals surface area (Å²) < 4.78 is 28.0. The Morgan fingerprint density at radius 1 is 1.10 bits per heavy atom. The minimum absolute atomic E-state index is 0.227. The Kier molecular flexibility index (Phi) is 3.55. The number of nitrogens with zero attached hydrogens (tertiary/aromatic N) is 4. The Labute approximate surface area is 119 Å². The minimum Gasteiger partial charge on any atom is -0.379 e. The minimum atomic E-state index is -0.592. The molecule has 3 rings (SSSR count). The molecule has 0 aliphatic rings. The Hall–Kier alpha value is -2.83. The summed E-state index contributed by atoms with van der Waals surface area (Å²) in [4.78, 5) is 0. The molecule has 0 bridgehead atoms. The van der Waals surface area contributed by atoms with Gasteiger partial charge in [0, 0.05) is 18.2 Å². The van der Waals surface area contributed by atoms with Crippen LogP contribution in [0.4, 0.5) is 14.5 Å². The lowest BCUT2D eigenvalue weighted by Gasteiger charge is -2.11. The highest BCUT2D eigenvalue weighted by Crippen LogP contribution is 2.20. The SMILES string of the molecule is Fc1ccc(CNc2ccccc2-n2cnnn2)c(F)c1. The normalized spacial score (nSPS) is 10.6. The second-order valence-electron chi connectivity index (χ2n) is 4.36. The molecular formula is C14H11F2N5. The first-order valence-corrected chi connectivity index (χ1v) is 6.24. The van der Waals surface area contributed by atoms with Crippen molar-refractivity contribution < 1.29 is 8.78 Å². The first-order chi connectivity index (χ1) is 10.2. The quantitative estimate of drug-likeness (QED) is 0.801. The molecule has 0 fully saturated rings. The summed E-state index contributed by atoms with van der Waals surface area (Å²) in [5, 5.41) is 14.1. The van der Waals surface area contributed by atoms with Gasteiger partial charge in [0.1, 0.15) is 18.0 Å². The van der Waals surface area contributed by atoms with E-state index in [-0.39, 0.29) is 6.54 Å². The molecule has 0 radical (unpaired) electrons. The van der Waals surface area contributed by atoms with Gasteiger partial charge in [-0.15, -0.1) is 5.10 Å². The molecular weight excluding hydrogens is 276 g/mol. The van der Waals surface area contributed by atoms with Crippen molar-refractivity contribution in [3.05, 3.63) is 66.0 Å². The van der Waals surface area contributed by atoms with Gasteiger partial charge < -0.3 is 5.32 Å². The number of hydrogen-bond acceptors (Lipinski definition) is 4. The highest BCUT2D eigenvalue weighted by molar-refractivity contribution is 5.60. The van der Waals surface area contributed by atoms with Crippen LogP contribution in [0.25, 0.3) is 5.69 Å². The molecule has 0 aliphatic heterocycles. The third-order valence-electron chi connectivity index (χ3n) is 2.98. The third-order valence-corrected chi connectivity index (χ3v) is 2.98. The number of nitrogens with one attached hydrogen (secondary N) is 1. The molecule has 0 spiro atoms. The van der Waals surface area contributed by atoms with Gasteiger partial charge in [-0.05, 0) is 28.6 Å². The van der Waals surface area contributed by atoms with Crippen LogP contribution in [0, 0.1) is 11.6 Å². The van der Waals surface area contributed by atoms with Crippen molar-refractivity contribution in [2.75, 3.05) is 5.32 Å². The van der Waals surface area contributed by atoms with Gasteiger partial charge in [-0.1, -0.05) is 18.2 Å². The summed E-state index contributed by atoms with van der Waals surface area (Å²) >= 11 is 0. The second kappa shape index (κ2) is 5.66. The maximum atomic E-state index is 13.6. The first kappa shape index (κ1) is 13.2. The number of tetrazole rings is 1. The van der Waals surface area contributed by atoms with Gasteiger partial charge in [0.15, 0.2) is 0 Å². The van der Waals surface area contributed by atoms with Gasteiger partial charge in [0.25, 0.3) is 0 Å². The highest BCUT2D eigenvalue weighted by atomic mass is 19.1. The van der Waals surface area contributed by atoms with E-state index in [1.165, 1.54) is 23.1 Å². The summed E-state index contributed by atoms with van der Waals surface area (Å²) in [5.74, 6) is -1.17. The number of para-hydroxylation sites is 2. The van der Waals surface area contributed by atoms with Crippen molar-refractivity contribution in [3.63, 3.8) is 0 Å². The predicted molar refractivity (Wildman–Crippen MR) is 72.8 cm³/mol. The zero-order valence-corrected chi connectivity index (χ0v) is 10.9. The third kappa shape index (κ3) is 2.86. The summed E-state index contributed by atoms with van der Waals surface area (Å²) in [6.07, 6.45) is 1.47. The number of anilines is 1. The van der Waals surface area contributed by atoms with Crippen LogP contribution in [0.5, 0.6) is 0 Å². The number of rotatable bonds is 4. The van der Waals surface area contributed by atoms with Crippen molar-refractivity contribution in [1.29, 1.82) is 0 Å². The van der Waals surface area contributed by atoms with Crippen LogP contribution in [0.1, 0.15) is 5.56 Å². The van der Waals surface area contributed by atoms with Crippen LogP contribution >= 0.6 is 0 Å². The largest absolute Gasteiger partial charge is 0.379 e. The zero-order chi connectivity index (χ0) is 14.7. The molecule has 0 atom stereocenters. The topological polar surface area (TPSA) is 55.6 Å². The lowest BCUT2D eigenvalue weighted by atomic mass is 10.2. The smallest absolute Gasteiger partial charge is 0.143 e. The van der Waals surface area contributed by atoms with E-state index in [1.54, 1.807) is 0 Å². The summed E-state index contributed by atoms with van der Waals surface area (Å²) in [6, 6.07) is 10.9. The number of benzene rings is 2. The van der Waals surface area contributed by atoms with Crippen molar-refractivity contribution in [2.24, 2.45) is 0 Å². The molecule has 0 aliphatic carbocycles. The van der Waals surface area contributed by atoms with E-state index in [4.69, 9.17) is 0 Å². The number of aromatic nitrogens is 4. The van der Waals surface area contributed by atoms with Crippen LogP contribution in [-0.4, -0.2) is 20.2 Å². The Bertz CT molecular complexity index is 743. The van der Waals surface area contributed by atoms with Gasteiger partial charge in [-0.25, -0.2) is 8.78 Å². The van der Waals surface area contributed by atoms with E-state index in [0.29, 0.717) is 5.56 Å². The zero-order valence-electron chi connectivity index (χ0n) is 10.9. The highest BCUT2D eigenvalue weighted by Gasteiger charge is 2.07. The average molecular weight is 287 g/mol. The molecule has 7 heteroatoms. The van der Waals surface area contributed by atoms with Gasteiger partial charge in [-0.2, -0.15) is 4.68 Å². The molecule has 1 N–H and O–H groups in total. The molecule has 5 nitrogen and oxygen atoms in total. The van der Waals surface area contributed by atoms with E-state index in [0.717, 1.165) is 17.4 Å². The van der Waals surface area contributed by atoms with E-state index in [2.05, 4.69) is 20.8 Å². The average Bonchev–Trinajstić information content (AvgIpc) is 3.01. The Morgan fingerprint density at radius 2 is 1.95 bits per heavy atom. The first-order valence-electron chi connectivity index (χ1n) is 6.24. The Morgan fingerprint density at radius 3 is 2.71 bits per heavy atom. The Balaban J connectivity index is 1.83. The van der Waals surface area contributed by atoms with Crippen molar-refractivity contribution in [2.45, 2.75) is 6.54 Å². The molecule has 2 aromatic carbocycles. The summed E-state index contributed by atoms with van der Waals surface area (Å²) in [5.41, 5.74) is 1.86. The van der Waals surface area contributed by atoms with Crippen LogP contribution < -0.4 is 5.32 Å². The van der Waals surface area contributed by atoms with Crippen molar-refractivity contribution in [1.82, 2.24) is 20.2 Å². The van der Waals surface area contributed by atoms with Crippen molar-refractivity contribution in [3.8, 4) is 5.69 Å². The van der Waals surface area contributed by atoms with Crippen LogP contribution in [0.2, 0.25) is 0 Å². The molecule has 3 aromatic rings. The molecule has 106 valence electrons. The predicted octanol–water partition coefficient (Wildman–Crippen LogP) is 2.55. The molecule has 0 saturated carbocycles. The maximum Gasteiger partial charge on any atom is 0.143 e.